The van der Waals surface area contributed by atoms with Gasteiger partial charge in [-0.1, -0.05) is 0 Å². The lowest BCUT2D eigenvalue weighted by Gasteiger charge is -2.21. The first kappa shape index (κ1) is 12.4. The van der Waals surface area contributed by atoms with E-state index in [4.69, 9.17) is 0 Å². The summed E-state index contributed by atoms with van der Waals surface area (Å²) in [6, 6.07) is 11.5. The highest BCUT2D eigenvalue weighted by molar-refractivity contribution is 5.50. The first-order chi connectivity index (χ1) is 8.74. The third-order valence-electron chi connectivity index (χ3n) is 3.08. The zero-order chi connectivity index (χ0) is 13.0. The van der Waals surface area contributed by atoms with E-state index in [-0.39, 0.29) is 5.43 Å². The molecule has 0 fully saturated rings. The van der Waals surface area contributed by atoms with E-state index < -0.39 is 0 Å². The van der Waals surface area contributed by atoms with Gasteiger partial charge in [0.05, 0.1) is 0 Å². The van der Waals surface area contributed by atoms with E-state index in [1.165, 1.54) is 5.69 Å². The van der Waals surface area contributed by atoms with Gasteiger partial charge in [-0.3, -0.25) is 4.79 Å². The Morgan fingerprint density at radius 1 is 0.944 bits per heavy atom. The minimum Gasteiger partial charge on any atom is -0.372 e. The van der Waals surface area contributed by atoms with Crippen LogP contribution in [0.5, 0.6) is 0 Å². The number of nitrogens with zero attached hydrogens (tertiary/aromatic N) is 2. The summed E-state index contributed by atoms with van der Waals surface area (Å²) in [7, 11) is 0. The molecule has 1 aromatic heterocycles. The van der Waals surface area contributed by atoms with Crippen molar-refractivity contribution in [1.82, 2.24) is 4.57 Å². The number of hydrogen-bond donors (Lipinski definition) is 0. The maximum Gasteiger partial charge on any atom is 0.181 e. The maximum atomic E-state index is 11.1. The minimum atomic E-state index is 0.0333. The third kappa shape index (κ3) is 2.62. The van der Waals surface area contributed by atoms with Crippen molar-refractivity contribution in [3.63, 3.8) is 0 Å². The third-order valence-corrected chi connectivity index (χ3v) is 3.08. The molecule has 0 N–H and O–H groups in total. The number of pyridine rings is 1. The van der Waals surface area contributed by atoms with E-state index in [0.29, 0.717) is 0 Å². The molecule has 0 aliphatic rings. The quantitative estimate of drug-likeness (QED) is 0.823. The topological polar surface area (TPSA) is 25.2 Å². The molecular weight excluding hydrogens is 224 g/mol. The molecule has 0 amide bonds. The van der Waals surface area contributed by atoms with Gasteiger partial charge >= 0.3 is 0 Å². The number of aromatic nitrogens is 1. The largest absolute Gasteiger partial charge is 0.372 e. The standard InChI is InChI=1S/C15H18N2O/c1-3-16(4-2)13-5-7-14(8-6-13)17-11-9-15(18)10-12-17/h5-12H,3-4H2,1-2H3. The van der Waals surface area contributed by atoms with Crippen LogP contribution in [0.15, 0.2) is 53.6 Å². The Kier molecular flexibility index (Phi) is 3.82. The molecule has 0 atom stereocenters. The van der Waals surface area contributed by atoms with Crippen LogP contribution in [0, 0.1) is 0 Å². The van der Waals surface area contributed by atoms with Crippen LogP contribution in [-0.2, 0) is 0 Å². The summed E-state index contributed by atoms with van der Waals surface area (Å²) in [5.74, 6) is 0. The van der Waals surface area contributed by atoms with Gasteiger partial charge in [0.2, 0.25) is 0 Å². The van der Waals surface area contributed by atoms with Crippen LogP contribution in [0.2, 0.25) is 0 Å². The molecule has 2 rings (SSSR count). The first-order valence-electron chi connectivity index (χ1n) is 6.28. The summed E-state index contributed by atoms with van der Waals surface area (Å²) in [6.45, 7) is 6.32. The second-order valence-corrected chi connectivity index (χ2v) is 4.13. The number of benzene rings is 1. The second-order valence-electron chi connectivity index (χ2n) is 4.13. The van der Waals surface area contributed by atoms with Gasteiger partial charge in [-0.05, 0) is 38.1 Å². The molecule has 0 spiro atoms. The van der Waals surface area contributed by atoms with Crippen LogP contribution in [0.3, 0.4) is 0 Å². The molecule has 0 radical (unpaired) electrons. The zero-order valence-corrected chi connectivity index (χ0v) is 10.8. The van der Waals surface area contributed by atoms with Crippen molar-refractivity contribution in [1.29, 1.82) is 0 Å². The minimum absolute atomic E-state index is 0.0333. The Bertz CT molecular complexity index is 533. The summed E-state index contributed by atoms with van der Waals surface area (Å²) < 4.78 is 1.94. The fourth-order valence-corrected chi connectivity index (χ4v) is 2.01. The molecule has 0 saturated carbocycles. The lowest BCUT2D eigenvalue weighted by Crippen LogP contribution is -2.21. The van der Waals surface area contributed by atoms with Gasteiger partial charge in [0.1, 0.15) is 0 Å². The molecule has 18 heavy (non-hydrogen) atoms. The lowest BCUT2D eigenvalue weighted by atomic mass is 10.2. The average Bonchev–Trinajstić information content (AvgIpc) is 2.42. The van der Waals surface area contributed by atoms with E-state index >= 15 is 0 Å². The lowest BCUT2D eigenvalue weighted by molar-refractivity contribution is 0.865. The van der Waals surface area contributed by atoms with Crippen molar-refractivity contribution in [3.05, 3.63) is 59.0 Å². The van der Waals surface area contributed by atoms with Gasteiger partial charge in [0, 0.05) is 49.0 Å². The van der Waals surface area contributed by atoms with Crippen LogP contribution < -0.4 is 10.3 Å². The van der Waals surface area contributed by atoms with E-state index in [2.05, 4.69) is 43.0 Å². The highest BCUT2D eigenvalue weighted by atomic mass is 16.1. The second kappa shape index (κ2) is 5.54. The highest BCUT2D eigenvalue weighted by Gasteiger charge is 2.01. The predicted octanol–water partition coefficient (Wildman–Crippen LogP) is 2.68. The molecule has 94 valence electrons. The molecule has 0 bridgehead atoms. The Balaban J connectivity index is 2.27. The summed E-state index contributed by atoms with van der Waals surface area (Å²) in [4.78, 5) is 13.4. The van der Waals surface area contributed by atoms with Crippen molar-refractivity contribution in [2.75, 3.05) is 18.0 Å². The Morgan fingerprint density at radius 2 is 1.50 bits per heavy atom. The maximum absolute atomic E-state index is 11.1. The Hall–Kier alpha value is -2.03. The van der Waals surface area contributed by atoms with E-state index in [9.17, 15) is 4.79 Å². The van der Waals surface area contributed by atoms with Gasteiger partial charge in [0.25, 0.3) is 0 Å². The number of hydrogen-bond acceptors (Lipinski definition) is 2. The molecule has 0 saturated heterocycles. The van der Waals surface area contributed by atoms with Gasteiger partial charge < -0.3 is 9.47 Å². The van der Waals surface area contributed by atoms with Gasteiger partial charge in [-0.2, -0.15) is 0 Å². The molecule has 0 unspecified atom stereocenters. The van der Waals surface area contributed by atoms with Crippen LogP contribution in [-0.4, -0.2) is 17.7 Å². The molecule has 2 aromatic rings. The van der Waals surface area contributed by atoms with Gasteiger partial charge in [-0.25, -0.2) is 0 Å². The molecule has 3 nitrogen and oxygen atoms in total. The Morgan fingerprint density at radius 3 is 2.00 bits per heavy atom. The van der Waals surface area contributed by atoms with Crippen molar-refractivity contribution in [3.8, 4) is 5.69 Å². The molecule has 1 heterocycles. The van der Waals surface area contributed by atoms with Crippen molar-refractivity contribution in [2.24, 2.45) is 0 Å². The van der Waals surface area contributed by atoms with Crippen LogP contribution in [0.25, 0.3) is 5.69 Å². The summed E-state index contributed by atoms with van der Waals surface area (Å²) in [5, 5.41) is 0. The number of anilines is 1. The zero-order valence-electron chi connectivity index (χ0n) is 10.8. The van der Waals surface area contributed by atoms with Crippen LogP contribution in [0.4, 0.5) is 5.69 Å². The van der Waals surface area contributed by atoms with Crippen molar-refractivity contribution < 1.29 is 0 Å². The summed E-state index contributed by atoms with van der Waals surface area (Å²) >= 11 is 0. The summed E-state index contributed by atoms with van der Waals surface area (Å²) in [6.07, 6.45) is 3.57. The SMILES string of the molecule is CCN(CC)c1ccc(-n2ccc(=O)cc2)cc1. The molecule has 1 aromatic carbocycles. The molecular formula is C15H18N2O. The summed E-state index contributed by atoms with van der Waals surface area (Å²) in [5.41, 5.74) is 2.32. The van der Waals surface area contributed by atoms with E-state index in [0.717, 1.165) is 18.8 Å². The fourth-order valence-electron chi connectivity index (χ4n) is 2.01. The fraction of sp³-hybridized carbons (Fsp3) is 0.267. The van der Waals surface area contributed by atoms with Crippen LogP contribution in [0.1, 0.15) is 13.8 Å². The molecule has 0 aliphatic carbocycles. The monoisotopic (exact) mass is 242 g/mol. The van der Waals surface area contributed by atoms with Crippen molar-refractivity contribution in [2.45, 2.75) is 13.8 Å². The smallest absolute Gasteiger partial charge is 0.181 e. The normalized spacial score (nSPS) is 10.3. The number of rotatable bonds is 4. The van der Waals surface area contributed by atoms with E-state index in [1.54, 1.807) is 24.5 Å². The molecule has 0 aliphatic heterocycles. The Labute approximate surface area is 107 Å². The van der Waals surface area contributed by atoms with Gasteiger partial charge in [0.15, 0.2) is 5.43 Å². The highest BCUT2D eigenvalue weighted by Crippen LogP contribution is 2.16. The molecule has 3 heteroatoms. The van der Waals surface area contributed by atoms with E-state index in [1.807, 2.05) is 4.57 Å². The predicted molar refractivity (Wildman–Crippen MR) is 75.6 cm³/mol. The van der Waals surface area contributed by atoms with Gasteiger partial charge in [-0.15, -0.1) is 0 Å². The van der Waals surface area contributed by atoms with Crippen molar-refractivity contribution >= 4 is 5.69 Å². The average molecular weight is 242 g/mol. The van der Waals surface area contributed by atoms with Crippen LogP contribution >= 0.6 is 0 Å². The first-order valence-corrected chi connectivity index (χ1v) is 6.28.